The van der Waals surface area contributed by atoms with Crippen molar-refractivity contribution in [3.63, 3.8) is 0 Å². The Labute approximate surface area is 87.7 Å². The fourth-order valence-corrected chi connectivity index (χ4v) is 2.29. The third-order valence-electron chi connectivity index (χ3n) is 1.83. The molecule has 0 aromatic carbocycles. The molecule has 0 fully saturated rings. The predicted octanol–water partition coefficient (Wildman–Crippen LogP) is 0.408. The van der Waals surface area contributed by atoms with Crippen LogP contribution in [0.2, 0.25) is 0 Å². The second-order valence-electron chi connectivity index (χ2n) is 3.71. The highest BCUT2D eigenvalue weighted by Crippen LogP contribution is 2.00. The van der Waals surface area contributed by atoms with Crippen LogP contribution in [0.25, 0.3) is 0 Å². The fraction of sp³-hybridized carbons (Fsp3) is 0.889. The van der Waals surface area contributed by atoms with Crippen LogP contribution < -0.4 is 0 Å². The molecule has 2 atom stereocenters. The van der Waals surface area contributed by atoms with Crippen LogP contribution >= 0.6 is 0 Å². The number of aliphatic carboxylic acids is 1. The first-order chi connectivity index (χ1) is 6.43. The summed E-state index contributed by atoms with van der Waals surface area (Å²) in [5.41, 5.74) is 0. The molecule has 0 aliphatic carbocycles. The van der Waals surface area contributed by atoms with Crippen LogP contribution in [-0.4, -0.2) is 52.3 Å². The van der Waals surface area contributed by atoms with Crippen LogP contribution in [0.15, 0.2) is 0 Å². The van der Waals surface area contributed by atoms with Crippen molar-refractivity contribution in [1.82, 2.24) is 4.90 Å². The third kappa shape index (κ3) is 7.03. The van der Waals surface area contributed by atoms with E-state index in [2.05, 4.69) is 0 Å². The maximum atomic E-state index is 11.4. The number of hydrogen-bond donors (Lipinski definition) is 1. The van der Waals surface area contributed by atoms with Gasteiger partial charge in [0.15, 0.2) is 0 Å². The second kappa shape index (κ2) is 6.95. The molecule has 0 saturated carbocycles. The van der Waals surface area contributed by atoms with E-state index in [9.17, 15) is 9.00 Å². The molecule has 0 aromatic rings. The number of carbonyl (C=O) groups is 1. The van der Waals surface area contributed by atoms with Crippen LogP contribution in [0, 0.1) is 5.92 Å². The van der Waals surface area contributed by atoms with E-state index in [1.54, 1.807) is 6.92 Å². The second-order valence-corrected chi connectivity index (χ2v) is 5.33. The zero-order chi connectivity index (χ0) is 11.1. The minimum atomic E-state index is -0.995. The van der Waals surface area contributed by atoms with Gasteiger partial charge in [0.25, 0.3) is 0 Å². The van der Waals surface area contributed by atoms with E-state index in [-0.39, 0.29) is 5.75 Å². The number of rotatable bonds is 7. The Balaban J connectivity index is 3.60. The highest BCUT2D eigenvalue weighted by atomic mass is 32.2. The number of carboxylic acids is 1. The van der Waals surface area contributed by atoms with Gasteiger partial charge in [-0.15, -0.1) is 0 Å². The molecule has 0 rings (SSSR count). The van der Waals surface area contributed by atoms with Gasteiger partial charge in [0, 0.05) is 22.3 Å². The van der Waals surface area contributed by atoms with Crippen molar-refractivity contribution in [2.24, 2.45) is 5.92 Å². The predicted molar refractivity (Wildman–Crippen MR) is 57.8 cm³/mol. The molecule has 0 bridgehead atoms. The van der Waals surface area contributed by atoms with Gasteiger partial charge in [-0.05, 0) is 27.1 Å². The van der Waals surface area contributed by atoms with Crippen molar-refractivity contribution in [3.05, 3.63) is 0 Å². The van der Waals surface area contributed by atoms with Crippen LogP contribution in [0.1, 0.15) is 13.3 Å². The molecule has 0 saturated heterocycles. The Morgan fingerprint density at radius 2 is 2.07 bits per heavy atom. The molecule has 2 unspecified atom stereocenters. The smallest absolute Gasteiger partial charge is 0.307 e. The Bertz CT molecular complexity index is 206. The summed E-state index contributed by atoms with van der Waals surface area (Å²) in [6.45, 7) is 2.49. The first-order valence-corrected chi connectivity index (χ1v) is 6.14. The van der Waals surface area contributed by atoms with Crippen molar-refractivity contribution in [2.45, 2.75) is 13.3 Å². The molecule has 14 heavy (non-hydrogen) atoms. The molecule has 0 spiro atoms. The average Bonchev–Trinajstić information content (AvgIpc) is 2.02. The molecule has 1 N–H and O–H groups in total. The molecule has 5 heteroatoms. The summed E-state index contributed by atoms with van der Waals surface area (Å²) >= 11 is 0. The summed E-state index contributed by atoms with van der Waals surface area (Å²) in [4.78, 5) is 12.5. The van der Waals surface area contributed by atoms with Gasteiger partial charge in [0.05, 0.1) is 5.92 Å². The first kappa shape index (κ1) is 13.6. The Morgan fingerprint density at radius 1 is 1.50 bits per heavy atom. The van der Waals surface area contributed by atoms with Crippen molar-refractivity contribution in [2.75, 3.05) is 32.1 Å². The molecular weight excluding hydrogens is 202 g/mol. The number of hydrogen-bond acceptors (Lipinski definition) is 3. The summed E-state index contributed by atoms with van der Waals surface area (Å²) in [5, 5.41) is 8.60. The third-order valence-corrected chi connectivity index (χ3v) is 3.45. The zero-order valence-electron chi connectivity index (χ0n) is 9.02. The highest BCUT2D eigenvalue weighted by Gasteiger charge is 2.14. The van der Waals surface area contributed by atoms with E-state index in [4.69, 9.17) is 5.11 Å². The molecule has 0 aromatic heterocycles. The zero-order valence-corrected chi connectivity index (χ0v) is 9.84. The summed E-state index contributed by atoms with van der Waals surface area (Å²) in [6, 6.07) is 0. The molecule has 0 aliphatic heterocycles. The SMILES string of the molecule is CC(CS(=O)CCCN(C)C)C(=O)O. The molecular formula is C9H19NO3S. The van der Waals surface area contributed by atoms with Gasteiger partial charge in [0.2, 0.25) is 0 Å². The number of carboxylic acid groups (broad SMARTS) is 1. The van der Waals surface area contributed by atoms with Crippen LogP contribution in [0.3, 0.4) is 0 Å². The van der Waals surface area contributed by atoms with Gasteiger partial charge in [-0.3, -0.25) is 9.00 Å². The molecule has 0 aliphatic rings. The molecule has 0 heterocycles. The quantitative estimate of drug-likeness (QED) is 0.676. The van der Waals surface area contributed by atoms with E-state index in [0.29, 0.717) is 5.75 Å². The Morgan fingerprint density at radius 3 is 2.50 bits per heavy atom. The van der Waals surface area contributed by atoms with E-state index < -0.39 is 22.7 Å². The summed E-state index contributed by atoms with van der Waals surface area (Å²) in [5.74, 6) is -0.514. The maximum absolute atomic E-state index is 11.4. The van der Waals surface area contributed by atoms with Crippen LogP contribution in [-0.2, 0) is 15.6 Å². The maximum Gasteiger partial charge on any atom is 0.307 e. The minimum Gasteiger partial charge on any atom is -0.481 e. The summed E-state index contributed by atoms with van der Waals surface area (Å²) in [7, 11) is 2.93. The molecule has 84 valence electrons. The number of nitrogens with zero attached hydrogens (tertiary/aromatic N) is 1. The van der Waals surface area contributed by atoms with Crippen LogP contribution in [0.5, 0.6) is 0 Å². The molecule has 0 radical (unpaired) electrons. The monoisotopic (exact) mass is 221 g/mol. The standard InChI is InChI=1S/C9H19NO3S/c1-8(9(11)12)7-14(13)6-4-5-10(2)3/h8H,4-7H2,1-3H3,(H,11,12). The van der Waals surface area contributed by atoms with Gasteiger partial charge < -0.3 is 10.0 Å². The summed E-state index contributed by atoms with van der Waals surface area (Å²) < 4.78 is 11.4. The normalized spacial score (nSPS) is 15.4. The van der Waals surface area contributed by atoms with Gasteiger partial charge in [-0.1, -0.05) is 6.92 Å². The van der Waals surface area contributed by atoms with Crippen molar-refractivity contribution in [1.29, 1.82) is 0 Å². The van der Waals surface area contributed by atoms with Gasteiger partial charge in [-0.25, -0.2) is 0 Å². The van der Waals surface area contributed by atoms with Gasteiger partial charge in [0.1, 0.15) is 0 Å². The van der Waals surface area contributed by atoms with Gasteiger partial charge >= 0.3 is 5.97 Å². The van der Waals surface area contributed by atoms with E-state index >= 15 is 0 Å². The lowest BCUT2D eigenvalue weighted by Gasteiger charge is -2.09. The lowest BCUT2D eigenvalue weighted by atomic mass is 10.2. The minimum absolute atomic E-state index is 0.267. The largest absolute Gasteiger partial charge is 0.481 e. The van der Waals surface area contributed by atoms with E-state index in [1.165, 1.54) is 0 Å². The van der Waals surface area contributed by atoms with Crippen LogP contribution in [0.4, 0.5) is 0 Å². The molecule has 0 amide bonds. The Kier molecular flexibility index (Phi) is 6.74. The summed E-state index contributed by atoms with van der Waals surface area (Å²) in [6.07, 6.45) is 0.853. The van der Waals surface area contributed by atoms with Crippen molar-refractivity contribution in [3.8, 4) is 0 Å². The lowest BCUT2D eigenvalue weighted by Crippen LogP contribution is -2.21. The van der Waals surface area contributed by atoms with Gasteiger partial charge in [-0.2, -0.15) is 0 Å². The van der Waals surface area contributed by atoms with Crippen molar-refractivity contribution >= 4 is 16.8 Å². The van der Waals surface area contributed by atoms with E-state index in [0.717, 1.165) is 13.0 Å². The highest BCUT2D eigenvalue weighted by molar-refractivity contribution is 7.85. The first-order valence-electron chi connectivity index (χ1n) is 4.66. The fourth-order valence-electron chi connectivity index (χ4n) is 0.975. The van der Waals surface area contributed by atoms with Crippen molar-refractivity contribution < 1.29 is 14.1 Å². The lowest BCUT2D eigenvalue weighted by molar-refractivity contribution is -0.140. The molecule has 4 nitrogen and oxygen atoms in total. The van der Waals surface area contributed by atoms with E-state index in [1.807, 2.05) is 19.0 Å². The average molecular weight is 221 g/mol. The Hall–Kier alpha value is -0.420. The topological polar surface area (TPSA) is 57.6 Å².